The molecule has 3 aromatic carbocycles. The summed E-state index contributed by atoms with van der Waals surface area (Å²) in [7, 11) is 1.61. The van der Waals surface area contributed by atoms with Gasteiger partial charge in [-0.15, -0.1) is 10.2 Å². The normalized spacial score (nSPS) is 11.0. The van der Waals surface area contributed by atoms with E-state index < -0.39 is 0 Å². The second kappa shape index (κ2) is 10.8. The average molecular weight is 476 g/mol. The first-order valence-electron chi connectivity index (χ1n) is 10.4. The first-order chi connectivity index (χ1) is 16.5. The Balaban J connectivity index is 1.52. The fourth-order valence-corrected chi connectivity index (χ4v) is 3.89. The molecule has 0 atom stereocenters. The summed E-state index contributed by atoms with van der Waals surface area (Å²) in [5.41, 5.74) is 5.90. The molecular formula is C25H22FN5O2S. The fraction of sp³-hybridized carbons (Fsp3) is 0.120. The highest BCUT2D eigenvalue weighted by Crippen LogP contribution is 2.29. The molecule has 9 heteroatoms. The summed E-state index contributed by atoms with van der Waals surface area (Å²) in [5, 5.41) is 13.2. The van der Waals surface area contributed by atoms with Gasteiger partial charge in [-0.1, -0.05) is 53.7 Å². The van der Waals surface area contributed by atoms with Crippen molar-refractivity contribution >= 4 is 23.9 Å². The van der Waals surface area contributed by atoms with E-state index in [-0.39, 0.29) is 17.5 Å². The molecule has 0 spiro atoms. The maximum absolute atomic E-state index is 13.3. The van der Waals surface area contributed by atoms with E-state index in [1.807, 2.05) is 60.0 Å². The van der Waals surface area contributed by atoms with E-state index in [2.05, 4.69) is 20.7 Å². The molecule has 1 N–H and O–H groups in total. The molecule has 0 saturated carbocycles. The van der Waals surface area contributed by atoms with Crippen LogP contribution in [0.5, 0.6) is 5.75 Å². The highest BCUT2D eigenvalue weighted by Gasteiger charge is 2.17. The molecule has 1 heterocycles. The Morgan fingerprint density at radius 2 is 1.88 bits per heavy atom. The number of aromatic nitrogens is 3. The number of nitrogens with one attached hydrogen (secondary N) is 1. The first-order valence-corrected chi connectivity index (χ1v) is 11.4. The van der Waals surface area contributed by atoms with Gasteiger partial charge in [0.15, 0.2) is 11.0 Å². The molecule has 0 saturated heterocycles. The molecule has 4 aromatic rings. The third-order valence-corrected chi connectivity index (χ3v) is 5.79. The lowest BCUT2D eigenvalue weighted by molar-refractivity contribution is -0.118. The summed E-state index contributed by atoms with van der Waals surface area (Å²) in [6.45, 7) is 2.02. The fourth-order valence-electron chi connectivity index (χ4n) is 3.15. The van der Waals surface area contributed by atoms with Crippen LogP contribution in [0.4, 0.5) is 4.39 Å². The SMILES string of the molecule is COc1ccc(-n2c(SCC(=O)N/N=C\c3cccc(F)c3)nnc2-c2ccc(C)cc2)cc1. The van der Waals surface area contributed by atoms with Gasteiger partial charge in [0.2, 0.25) is 0 Å². The number of hydrogen-bond donors (Lipinski definition) is 1. The number of rotatable bonds is 8. The Kier molecular flexibility index (Phi) is 7.34. The molecule has 0 bridgehead atoms. The zero-order valence-electron chi connectivity index (χ0n) is 18.6. The van der Waals surface area contributed by atoms with Crippen molar-refractivity contribution < 1.29 is 13.9 Å². The Bertz CT molecular complexity index is 1300. The van der Waals surface area contributed by atoms with E-state index in [9.17, 15) is 9.18 Å². The van der Waals surface area contributed by atoms with Crippen LogP contribution in [0.15, 0.2) is 83.1 Å². The number of carbonyl (C=O) groups is 1. The second-order valence-electron chi connectivity index (χ2n) is 7.34. The second-order valence-corrected chi connectivity index (χ2v) is 8.28. The van der Waals surface area contributed by atoms with Crippen LogP contribution in [0.1, 0.15) is 11.1 Å². The molecule has 0 radical (unpaired) electrons. The first kappa shape index (κ1) is 23.2. The van der Waals surface area contributed by atoms with Crippen molar-refractivity contribution in [1.82, 2.24) is 20.2 Å². The van der Waals surface area contributed by atoms with Crippen LogP contribution in [0.3, 0.4) is 0 Å². The summed E-state index contributed by atoms with van der Waals surface area (Å²) < 4.78 is 20.4. The van der Waals surface area contributed by atoms with Gasteiger partial charge in [0.1, 0.15) is 11.6 Å². The van der Waals surface area contributed by atoms with E-state index in [1.54, 1.807) is 19.2 Å². The number of thioether (sulfide) groups is 1. The van der Waals surface area contributed by atoms with Crippen molar-refractivity contribution in [3.05, 3.63) is 89.7 Å². The van der Waals surface area contributed by atoms with Crippen molar-refractivity contribution in [2.24, 2.45) is 5.10 Å². The maximum atomic E-state index is 13.3. The lowest BCUT2D eigenvalue weighted by atomic mass is 10.1. The van der Waals surface area contributed by atoms with Gasteiger partial charge in [-0.25, -0.2) is 9.82 Å². The number of methoxy groups -OCH3 is 1. The molecule has 0 aliphatic heterocycles. The number of carbonyl (C=O) groups excluding carboxylic acids is 1. The molecule has 0 aliphatic rings. The van der Waals surface area contributed by atoms with Crippen LogP contribution in [0.25, 0.3) is 17.1 Å². The summed E-state index contributed by atoms with van der Waals surface area (Å²) >= 11 is 1.24. The smallest absolute Gasteiger partial charge is 0.250 e. The number of ether oxygens (including phenoxy) is 1. The highest BCUT2D eigenvalue weighted by molar-refractivity contribution is 7.99. The zero-order valence-corrected chi connectivity index (χ0v) is 19.4. The number of hydrogen-bond acceptors (Lipinski definition) is 6. The minimum Gasteiger partial charge on any atom is -0.497 e. The van der Waals surface area contributed by atoms with Gasteiger partial charge in [-0.05, 0) is 48.9 Å². The van der Waals surface area contributed by atoms with Crippen molar-refractivity contribution in [3.8, 4) is 22.8 Å². The quantitative estimate of drug-likeness (QED) is 0.228. The van der Waals surface area contributed by atoms with Gasteiger partial charge >= 0.3 is 0 Å². The number of amides is 1. The van der Waals surface area contributed by atoms with Crippen molar-refractivity contribution in [2.75, 3.05) is 12.9 Å². The van der Waals surface area contributed by atoms with Gasteiger partial charge in [-0.2, -0.15) is 5.10 Å². The standard InChI is InChI=1S/C25H22FN5O2S/c1-17-6-8-19(9-7-17)24-29-30-25(31(24)21-10-12-22(33-2)13-11-21)34-16-23(32)28-27-15-18-4-3-5-20(26)14-18/h3-15H,16H2,1-2H3,(H,28,32)/b27-15-. The number of aryl methyl sites for hydroxylation is 1. The van der Waals surface area contributed by atoms with Crippen LogP contribution in [0.2, 0.25) is 0 Å². The zero-order chi connectivity index (χ0) is 23.9. The third-order valence-electron chi connectivity index (χ3n) is 4.86. The topological polar surface area (TPSA) is 81.4 Å². The molecule has 172 valence electrons. The van der Waals surface area contributed by atoms with Crippen LogP contribution in [0, 0.1) is 12.7 Å². The molecule has 0 aliphatic carbocycles. The van der Waals surface area contributed by atoms with Gasteiger partial charge in [-0.3, -0.25) is 9.36 Å². The number of nitrogens with zero attached hydrogens (tertiary/aromatic N) is 4. The Morgan fingerprint density at radius 1 is 1.12 bits per heavy atom. The van der Waals surface area contributed by atoms with E-state index in [4.69, 9.17) is 4.74 Å². The predicted octanol–water partition coefficient (Wildman–Crippen LogP) is 4.63. The van der Waals surface area contributed by atoms with E-state index in [1.165, 1.54) is 30.1 Å². The maximum Gasteiger partial charge on any atom is 0.250 e. The monoisotopic (exact) mass is 475 g/mol. The van der Waals surface area contributed by atoms with Gasteiger partial charge in [0.25, 0.3) is 5.91 Å². The largest absolute Gasteiger partial charge is 0.497 e. The van der Waals surface area contributed by atoms with E-state index in [0.29, 0.717) is 16.5 Å². The van der Waals surface area contributed by atoms with Crippen molar-refractivity contribution in [3.63, 3.8) is 0 Å². The molecule has 1 aromatic heterocycles. The Morgan fingerprint density at radius 3 is 2.59 bits per heavy atom. The molecule has 0 fully saturated rings. The summed E-state index contributed by atoms with van der Waals surface area (Å²) in [6, 6.07) is 21.5. The van der Waals surface area contributed by atoms with Crippen LogP contribution in [-0.2, 0) is 4.79 Å². The summed E-state index contributed by atoms with van der Waals surface area (Å²) in [5.74, 6) is 0.783. The molecule has 4 rings (SSSR count). The summed E-state index contributed by atoms with van der Waals surface area (Å²) in [6.07, 6.45) is 1.39. The van der Waals surface area contributed by atoms with Gasteiger partial charge < -0.3 is 4.74 Å². The molecular weight excluding hydrogens is 453 g/mol. The highest BCUT2D eigenvalue weighted by atomic mass is 32.2. The van der Waals surface area contributed by atoms with Crippen LogP contribution >= 0.6 is 11.8 Å². The summed E-state index contributed by atoms with van der Waals surface area (Å²) in [4.78, 5) is 12.3. The van der Waals surface area contributed by atoms with Gasteiger partial charge in [0, 0.05) is 11.3 Å². The van der Waals surface area contributed by atoms with E-state index >= 15 is 0 Å². The van der Waals surface area contributed by atoms with Gasteiger partial charge in [0.05, 0.1) is 19.1 Å². The van der Waals surface area contributed by atoms with E-state index in [0.717, 1.165) is 22.6 Å². The lowest BCUT2D eigenvalue weighted by Gasteiger charge is -2.11. The Hall–Kier alpha value is -3.98. The predicted molar refractivity (Wildman–Crippen MR) is 131 cm³/mol. The lowest BCUT2D eigenvalue weighted by Crippen LogP contribution is -2.20. The molecule has 7 nitrogen and oxygen atoms in total. The minimum absolute atomic E-state index is 0.0721. The Labute approximate surface area is 200 Å². The minimum atomic E-state index is -0.368. The van der Waals surface area contributed by atoms with Crippen molar-refractivity contribution in [2.45, 2.75) is 12.1 Å². The number of hydrazone groups is 1. The van der Waals surface area contributed by atoms with Crippen molar-refractivity contribution in [1.29, 1.82) is 0 Å². The third kappa shape index (κ3) is 5.68. The molecule has 1 amide bonds. The van der Waals surface area contributed by atoms with Crippen LogP contribution < -0.4 is 10.2 Å². The van der Waals surface area contributed by atoms with Crippen LogP contribution in [-0.4, -0.2) is 39.7 Å². The molecule has 34 heavy (non-hydrogen) atoms. The number of halogens is 1. The molecule has 0 unspecified atom stereocenters. The number of benzene rings is 3. The average Bonchev–Trinajstić information content (AvgIpc) is 3.27.